The van der Waals surface area contributed by atoms with Gasteiger partial charge in [0, 0.05) is 12.3 Å². The fraction of sp³-hybridized carbons (Fsp3) is 0. The quantitative estimate of drug-likeness (QED) is 0.500. The van der Waals surface area contributed by atoms with Crippen molar-refractivity contribution in [3.8, 4) is 0 Å². The molecule has 0 aliphatic carbocycles. The van der Waals surface area contributed by atoms with E-state index in [0.717, 1.165) is 0 Å². The molecule has 2 N–H and O–H groups in total. The Kier molecular flexibility index (Phi) is 1.26. The molecule has 0 spiro atoms. The van der Waals surface area contributed by atoms with E-state index >= 15 is 0 Å². The van der Waals surface area contributed by atoms with Crippen LogP contribution in [0.1, 0.15) is 0 Å². The average Bonchev–Trinajstić information content (AvgIpc) is 1.64. The molecule has 0 saturated carbocycles. The first-order valence-corrected chi connectivity index (χ1v) is 2.48. The Bertz CT molecular complexity index is 248. The molecular formula is C4H4N2OS. The molecule has 42 valence electrons. The SMILES string of the molecule is O=c1[14cH]c[nH]c(=S)[nH]1. The van der Waals surface area contributed by atoms with Gasteiger partial charge in [-0.25, -0.2) is 0 Å². The second-order valence-corrected chi connectivity index (χ2v) is 1.70. The summed E-state index contributed by atoms with van der Waals surface area (Å²) in [7, 11) is 0. The summed E-state index contributed by atoms with van der Waals surface area (Å²) < 4.78 is 0.359. The van der Waals surface area contributed by atoms with Crippen LogP contribution in [-0.4, -0.2) is 9.97 Å². The van der Waals surface area contributed by atoms with E-state index in [4.69, 9.17) is 0 Å². The Morgan fingerprint density at radius 1 is 1.75 bits per heavy atom. The molecule has 0 unspecified atom stereocenters. The van der Waals surface area contributed by atoms with Gasteiger partial charge in [-0.2, -0.15) is 0 Å². The molecule has 0 radical (unpaired) electrons. The number of hydrogen-bond donors (Lipinski definition) is 2. The van der Waals surface area contributed by atoms with Crippen LogP contribution in [0.15, 0.2) is 17.1 Å². The van der Waals surface area contributed by atoms with Crippen LogP contribution in [0.2, 0.25) is 0 Å². The van der Waals surface area contributed by atoms with Crippen molar-refractivity contribution in [3.05, 3.63) is 27.4 Å². The van der Waals surface area contributed by atoms with Gasteiger partial charge in [-0.1, -0.05) is 0 Å². The lowest BCUT2D eigenvalue weighted by molar-refractivity contribution is 1.09. The van der Waals surface area contributed by atoms with Gasteiger partial charge in [0.15, 0.2) is 4.77 Å². The van der Waals surface area contributed by atoms with Gasteiger partial charge in [-0.15, -0.1) is 0 Å². The van der Waals surface area contributed by atoms with Gasteiger partial charge < -0.3 is 4.98 Å². The van der Waals surface area contributed by atoms with Crippen LogP contribution < -0.4 is 5.56 Å². The van der Waals surface area contributed by atoms with E-state index < -0.39 is 0 Å². The van der Waals surface area contributed by atoms with Crippen LogP contribution in [0.5, 0.6) is 0 Å². The normalized spacial score (nSPS) is 9.00. The van der Waals surface area contributed by atoms with E-state index in [1.807, 2.05) is 0 Å². The monoisotopic (exact) mass is 130 g/mol. The maximum absolute atomic E-state index is 10.3. The van der Waals surface area contributed by atoms with Crippen molar-refractivity contribution in [2.24, 2.45) is 0 Å². The zero-order valence-corrected chi connectivity index (χ0v) is 4.79. The lowest BCUT2D eigenvalue weighted by Gasteiger charge is -1.78. The third-order valence-electron chi connectivity index (χ3n) is 0.686. The maximum atomic E-state index is 10.3. The molecule has 0 aromatic carbocycles. The molecule has 8 heavy (non-hydrogen) atoms. The standard InChI is InChI=1S/C4H4N2OS/c7-3-1-2-5-4(8)6-3/h1-2H,(H2,5,6,7,8)/i1+2. The van der Waals surface area contributed by atoms with E-state index in [2.05, 4.69) is 22.2 Å². The van der Waals surface area contributed by atoms with E-state index in [-0.39, 0.29) is 5.56 Å². The minimum atomic E-state index is -0.172. The average molecular weight is 130 g/mol. The number of aromatic amines is 2. The number of nitrogens with one attached hydrogen (secondary N) is 2. The third-order valence-corrected chi connectivity index (χ3v) is 0.906. The summed E-state index contributed by atoms with van der Waals surface area (Å²) in [6, 6.07) is 1.37. The molecule has 0 atom stereocenters. The fourth-order valence-electron chi connectivity index (χ4n) is 0.383. The Labute approximate surface area is 50.4 Å². The molecule has 1 aromatic heterocycles. The zero-order valence-electron chi connectivity index (χ0n) is 3.97. The van der Waals surface area contributed by atoms with Gasteiger partial charge in [-0.3, -0.25) is 9.78 Å². The minimum absolute atomic E-state index is 0.172. The molecule has 1 heterocycles. The first-order valence-electron chi connectivity index (χ1n) is 2.07. The van der Waals surface area contributed by atoms with Crippen molar-refractivity contribution in [1.82, 2.24) is 9.97 Å². The largest absolute Gasteiger partial charge is 0.339 e. The predicted octanol–water partition coefficient (Wildman–Crippen LogP) is 0.432. The molecule has 0 amide bonds. The van der Waals surface area contributed by atoms with Crippen LogP contribution in [0.25, 0.3) is 0 Å². The summed E-state index contributed by atoms with van der Waals surface area (Å²) in [5.74, 6) is 0. The van der Waals surface area contributed by atoms with Crippen LogP contribution in [0, 0.1) is 4.77 Å². The highest BCUT2D eigenvalue weighted by Gasteiger charge is 1.74. The van der Waals surface area contributed by atoms with Gasteiger partial charge in [0.1, 0.15) is 0 Å². The molecule has 4 heteroatoms. The summed E-state index contributed by atoms with van der Waals surface area (Å²) in [6.45, 7) is 0. The van der Waals surface area contributed by atoms with Crippen molar-refractivity contribution in [2.45, 2.75) is 0 Å². The number of hydrogen-bond acceptors (Lipinski definition) is 2. The summed E-state index contributed by atoms with van der Waals surface area (Å²) in [5, 5.41) is 0. The van der Waals surface area contributed by atoms with Crippen LogP contribution in [0.3, 0.4) is 0 Å². The Balaban J connectivity index is 3.50. The first-order chi connectivity index (χ1) is 3.79. The smallest absolute Gasteiger partial charge is 0.251 e. The van der Waals surface area contributed by atoms with Crippen molar-refractivity contribution in [3.63, 3.8) is 0 Å². The van der Waals surface area contributed by atoms with Crippen LogP contribution in [-0.2, 0) is 0 Å². The molecular weight excluding hydrogens is 126 g/mol. The van der Waals surface area contributed by atoms with Gasteiger partial charge in [0.2, 0.25) is 0 Å². The van der Waals surface area contributed by atoms with E-state index in [9.17, 15) is 4.79 Å². The summed E-state index contributed by atoms with van der Waals surface area (Å²) >= 11 is 4.59. The Hall–Kier alpha value is -0.900. The molecule has 1 rings (SSSR count). The number of H-pyrrole nitrogens is 2. The van der Waals surface area contributed by atoms with Crippen LogP contribution >= 0.6 is 12.2 Å². The third kappa shape index (κ3) is 1.04. The lowest BCUT2D eigenvalue weighted by atomic mass is 11.1. The lowest BCUT2D eigenvalue weighted by Crippen LogP contribution is -2.02. The summed E-state index contributed by atoms with van der Waals surface area (Å²) in [6.07, 6.45) is 1.50. The van der Waals surface area contributed by atoms with E-state index in [1.165, 1.54) is 12.3 Å². The van der Waals surface area contributed by atoms with E-state index in [0.29, 0.717) is 4.77 Å². The molecule has 1 aromatic rings. The molecule has 0 bridgehead atoms. The molecule has 0 saturated heterocycles. The predicted molar refractivity (Wildman–Crippen MR) is 32.2 cm³/mol. The highest BCUT2D eigenvalue weighted by molar-refractivity contribution is 7.71. The Morgan fingerprint density at radius 2 is 2.50 bits per heavy atom. The van der Waals surface area contributed by atoms with Crippen molar-refractivity contribution >= 4 is 12.2 Å². The molecule has 3 nitrogen and oxygen atoms in total. The van der Waals surface area contributed by atoms with Gasteiger partial charge in [0.05, 0.1) is 0 Å². The maximum Gasteiger partial charge on any atom is 0.251 e. The van der Waals surface area contributed by atoms with Gasteiger partial charge in [-0.05, 0) is 12.2 Å². The van der Waals surface area contributed by atoms with Crippen molar-refractivity contribution < 1.29 is 0 Å². The van der Waals surface area contributed by atoms with Crippen molar-refractivity contribution in [2.75, 3.05) is 0 Å². The molecule has 0 fully saturated rings. The summed E-state index contributed by atoms with van der Waals surface area (Å²) in [4.78, 5) is 15.4. The number of rotatable bonds is 0. The van der Waals surface area contributed by atoms with Gasteiger partial charge >= 0.3 is 0 Å². The van der Waals surface area contributed by atoms with Gasteiger partial charge in [0.25, 0.3) is 5.56 Å². The van der Waals surface area contributed by atoms with E-state index in [1.54, 1.807) is 0 Å². The second-order valence-electron chi connectivity index (χ2n) is 1.30. The first kappa shape index (κ1) is 5.24. The molecule has 0 aliphatic heterocycles. The number of aromatic nitrogens is 2. The second kappa shape index (κ2) is 1.92. The minimum Gasteiger partial charge on any atom is -0.339 e. The molecule has 0 aliphatic rings. The van der Waals surface area contributed by atoms with Crippen molar-refractivity contribution in [1.29, 1.82) is 0 Å². The van der Waals surface area contributed by atoms with Crippen LogP contribution in [0.4, 0.5) is 0 Å². The highest BCUT2D eigenvalue weighted by atomic mass is 32.1. The Morgan fingerprint density at radius 3 is 2.88 bits per heavy atom. The fourth-order valence-corrected chi connectivity index (χ4v) is 0.551. The summed E-state index contributed by atoms with van der Waals surface area (Å²) in [5.41, 5.74) is -0.172. The highest BCUT2D eigenvalue weighted by Crippen LogP contribution is 1.67. The topological polar surface area (TPSA) is 48.6 Å². The zero-order chi connectivity index (χ0) is 5.98.